The minimum absolute atomic E-state index is 0.371. The van der Waals surface area contributed by atoms with Gasteiger partial charge in [-0.15, -0.1) is 0 Å². The van der Waals surface area contributed by atoms with Crippen molar-refractivity contribution in [3.63, 3.8) is 0 Å². The minimum atomic E-state index is -3.83. The maximum atomic E-state index is 12.1. The van der Waals surface area contributed by atoms with Gasteiger partial charge in [-0.1, -0.05) is 0 Å². The predicted octanol–water partition coefficient (Wildman–Crippen LogP) is 1.27. The van der Waals surface area contributed by atoms with Crippen molar-refractivity contribution in [2.45, 2.75) is 31.3 Å². The molecule has 0 atom stereocenters. The van der Waals surface area contributed by atoms with E-state index in [9.17, 15) is 13.2 Å². The molecule has 1 aromatic heterocycles. The summed E-state index contributed by atoms with van der Waals surface area (Å²) in [6, 6.07) is 0. The van der Waals surface area contributed by atoms with Crippen LogP contribution < -0.4 is 0 Å². The number of aliphatic carboxylic acids is 1. The Labute approximate surface area is 114 Å². The van der Waals surface area contributed by atoms with Crippen LogP contribution in [0.5, 0.6) is 0 Å². The molecule has 18 heavy (non-hydrogen) atoms. The minimum Gasteiger partial charge on any atom is -0.480 e. The molecule has 0 radical (unpaired) electrons. The molecule has 1 aromatic rings. The third-order valence-electron chi connectivity index (χ3n) is 2.88. The Morgan fingerprint density at radius 3 is 2.33 bits per heavy atom. The van der Waals surface area contributed by atoms with Crippen LogP contribution in [0.2, 0.25) is 0 Å². The molecule has 0 spiro atoms. The van der Waals surface area contributed by atoms with Crippen molar-refractivity contribution < 1.29 is 18.3 Å². The Kier molecular flexibility index (Phi) is 3.92. The fourth-order valence-electron chi connectivity index (χ4n) is 1.33. The first kappa shape index (κ1) is 15.2. The van der Waals surface area contributed by atoms with E-state index in [0.29, 0.717) is 15.9 Å². The smallest absolute Gasteiger partial charge is 0.324 e. The molecule has 0 amide bonds. The topological polar surface area (TPSA) is 89.3 Å². The second kappa shape index (κ2) is 4.65. The molecule has 0 bridgehead atoms. The van der Waals surface area contributed by atoms with Crippen molar-refractivity contribution >= 4 is 31.7 Å². The fraction of sp³-hybridized carbons (Fsp3) is 0.600. The molecular formula is C10H15BrN2O4S. The van der Waals surface area contributed by atoms with Crippen LogP contribution in [0.25, 0.3) is 0 Å². The number of carboxylic acids is 1. The largest absolute Gasteiger partial charge is 0.480 e. The Hall–Kier alpha value is -0.890. The predicted molar refractivity (Wildman–Crippen MR) is 70.0 cm³/mol. The molecule has 0 saturated heterocycles. The number of halogens is 1. The van der Waals surface area contributed by atoms with E-state index in [1.165, 1.54) is 18.5 Å². The third-order valence-corrected chi connectivity index (χ3v) is 6.30. The first-order chi connectivity index (χ1) is 8.00. The number of nitrogens with zero attached hydrogens (tertiary/aromatic N) is 2. The average molecular weight is 339 g/mol. The molecule has 0 fully saturated rings. The summed E-state index contributed by atoms with van der Waals surface area (Å²) in [5.41, 5.74) is 1.11. The van der Waals surface area contributed by atoms with E-state index in [-0.39, 0.29) is 5.75 Å². The summed E-state index contributed by atoms with van der Waals surface area (Å²) < 4.78 is 24.5. The summed E-state index contributed by atoms with van der Waals surface area (Å²) in [4.78, 5) is 11.0. The van der Waals surface area contributed by atoms with Crippen molar-refractivity contribution in [1.82, 2.24) is 9.78 Å². The fourth-order valence-corrected chi connectivity index (χ4v) is 3.31. The molecule has 1 N–H and O–H groups in total. The Morgan fingerprint density at radius 1 is 1.50 bits per heavy atom. The molecule has 0 unspecified atom stereocenters. The van der Waals surface area contributed by atoms with E-state index in [1.54, 1.807) is 14.0 Å². The van der Waals surface area contributed by atoms with Gasteiger partial charge in [-0.3, -0.25) is 9.48 Å². The van der Waals surface area contributed by atoms with Crippen LogP contribution >= 0.6 is 15.9 Å². The monoisotopic (exact) mass is 338 g/mol. The van der Waals surface area contributed by atoms with Gasteiger partial charge in [0.15, 0.2) is 14.6 Å². The highest BCUT2D eigenvalue weighted by molar-refractivity contribution is 9.10. The second-order valence-corrected chi connectivity index (χ2v) is 7.88. The van der Waals surface area contributed by atoms with Gasteiger partial charge < -0.3 is 5.11 Å². The Morgan fingerprint density at radius 2 is 2.00 bits per heavy atom. The molecule has 6 nitrogen and oxygen atoms in total. The Balaban J connectivity index is 3.23. The quantitative estimate of drug-likeness (QED) is 0.892. The van der Waals surface area contributed by atoms with Crippen LogP contribution in [-0.4, -0.2) is 34.0 Å². The average Bonchev–Trinajstić information content (AvgIpc) is 2.44. The number of aryl methyl sites for hydroxylation is 2. The summed E-state index contributed by atoms with van der Waals surface area (Å²) in [5, 5.41) is 13.1. The highest BCUT2D eigenvalue weighted by Gasteiger charge is 2.42. The van der Waals surface area contributed by atoms with Gasteiger partial charge in [-0.05, 0) is 36.7 Å². The van der Waals surface area contributed by atoms with Crippen LogP contribution in [0, 0.1) is 6.92 Å². The number of sulfone groups is 1. The van der Waals surface area contributed by atoms with Crippen LogP contribution in [-0.2, 0) is 27.4 Å². The maximum absolute atomic E-state index is 12.1. The lowest BCUT2D eigenvalue weighted by atomic mass is 10.2. The van der Waals surface area contributed by atoms with E-state index in [0.717, 1.165) is 0 Å². The van der Waals surface area contributed by atoms with Crippen molar-refractivity contribution in [3.05, 3.63) is 15.9 Å². The number of rotatable bonds is 4. The molecule has 0 aliphatic carbocycles. The summed E-state index contributed by atoms with van der Waals surface area (Å²) >= 11 is 3.26. The van der Waals surface area contributed by atoms with Crippen LogP contribution in [0.15, 0.2) is 4.47 Å². The van der Waals surface area contributed by atoms with E-state index in [4.69, 9.17) is 5.11 Å². The molecule has 0 saturated carbocycles. The van der Waals surface area contributed by atoms with Crippen molar-refractivity contribution in [2.24, 2.45) is 7.05 Å². The van der Waals surface area contributed by atoms with E-state index in [1.807, 2.05) is 0 Å². The molecule has 102 valence electrons. The van der Waals surface area contributed by atoms with Crippen molar-refractivity contribution in [3.8, 4) is 0 Å². The highest BCUT2D eigenvalue weighted by atomic mass is 79.9. The SMILES string of the molecule is Cc1nn(C)c(CS(=O)(=O)C(C)(C)C(=O)O)c1Br. The number of aromatic nitrogens is 2. The molecule has 0 aromatic carbocycles. The molecule has 1 heterocycles. The summed E-state index contributed by atoms with van der Waals surface area (Å²) in [6.45, 7) is 4.10. The van der Waals surface area contributed by atoms with Gasteiger partial charge >= 0.3 is 5.97 Å². The zero-order chi connectivity index (χ0) is 14.3. The maximum Gasteiger partial charge on any atom is 0.324 e. The molecule has 1 rings (SSSR count). The van der Waals surface area contributed by atoms with E-state index in [2.05, 4.69) is 21.0 Å². The van der Waals surface area contributed by atoms with Gasteiger partial charge in [0, 0.05) is 7.05 Å². The highest BCUT2D eigenvalue weighted by Crippen LogP contribution is 2.27. The van der Waals surface area contributed by atoms with Gasteiger partial charge in [0.05, 0.1) is 21.6 Å². The lowest BCUT2D eigenvalue weighted by Crippen LogP contribution is -2.41. The second-order valence-electron chi connectivity index (χ2n) is 4.54. The molecule has 0 aliphatic rings. The summed E-state index contributed by atoms with van der Waals surface area (Å²) in [7, 11) is -2.21. The van der Waals surface area contributed by atoms with E-state index >= 15 is 0 Å². The van der Waals surface area contributed by atoms with Gasteiger partial charge in [-0.25, -0.2) is 8.42 Å². The first-order valence-corrected chi connectivity index (χ1v) is 7.59. The summed E-state index contributed by atoms with van der Waals surface area (Å²) in [6.07, 6.45) is 0. The van der Waals surface area contributed by atoms with Gasteiger partial charge in [0.2, 0.25) is 0 Å². The van der Waals surface area contributed by atoms with Crippen molar-refractivity contribution in [2.75, 3.05) is 0 Å². The number of carbonyl (C=O) groups is 1. The Bertz CT molecular complexity index is 589. The van der Waals surface area contributed by atoms with Crippen LogP contribution in [0.4, 0.5) is 0 Å². The summed E-state index contributed by atoms with van der Waals surface area (Å²) in [5.74, 6) is -1.73. The number of hydrogen-bond acceptors (Lipinski definition) is 4. The van der Waals surface area contributed by atoms with Gasteiger partial charge in [0.25, 0.3) is 0 Å². The standard InChI is InChI=1S/C10H15BrN2O4S/c1-6-8(11)7(13(4)12-6)5-18(16,17)10(2,3)9(14)15/h5H2,1-4H3,(H,14,15). The zero-order valence-electron chi connectivity index (χ0n) is 10.6. The number of carboxylic acid groups (broad SMARTS) is 1. The molecular weight excluding hydrogens is 324 g/mol. The van der Waals surface area contributed by atoms with Crippen LogP contribution in [0.1, 0.15) is 25.2 Å². The number of hydrogen-bond donors (Lipinski definition) is 1. The van der Waals surface area contributed by atoms with Crippen molar-refractivity contribution in [1.29, 1.82) is 0 Å². The van der Waals surface area contributed by atoms with Gasteiger partial charge in [-0.2, -0.15) is 5.10 Å². The first-order valence-electron chi connectivity index (χ1n) is 5.14. The molecule has 8 heteroatoms. The normalized spacial score (nSPS) is 12.7. The lowest BCUT2D eigenvalue weighted by molar-refractivity contribution is -0.139. The zero-order valence-corrected chi connectivity index (χ0v) is 13.0. The van der Waals surface area contributed by atoms with E-state index < -0.39 is 20.6 Å². The third kappa shape index (κ3) is 2.44. The van der Waals surface area contributed by atoms with Gasteiger partial charge in [0.1, 0.15) is 0 Å². The molecule has 0 aliphatic heterocycles. The lowest BCUT2D eigenvalue weighted by Gasteiger charge is -2.19. The van der Waals surface area contributed by atoms with Crippen LogP contribution in [0.3, 0.4) is 0 Å².